The minimum Gasteiger partial charge on any atom is -0.404 e. The van der Waals surface area contributed by atoms with E-state index in [9.17, 15) is 4.79 Å². The van der Waals surface area contributed by atoms with E-state index in [-0.39, 0.29) is 5.56 Å². The lowest BCUT2D eigenvalue weighted by Crippen LogP contribution is -2.17. The van der Waals surface area contributed by atoms with Crippen LogP contribution in [0.1, 0.15) is 0 Å². The SMILES string of the molecule is NC=c1cnn2c(=O)c3ccccc3nc12. The molecule has 0 unspecified atom stereocenters. The Morgan fingerprint density at radius 2 is 2.12 bits per heavy atom. The van der Waals surface area contributed by atoms with Crippen molar-refractivity contribution < 1.29 is 0 Å². The molecule has 0 aliphatic rings. The predicted octanol–water partition coefficient (Wildman–Crippen LogP) is -0.342. The Hall–Kier alpha value is -2.43. The van der Waals surface area contributed by atoms with E-state index in [4.69, 9.17) is 5.73 Å². The van der Waals surface area contributed by atoms with Gasteiger partial charge in [0.2, 0.25) is 0 Å². The second-order valence-electron chi connectivity index (χ2n) is 3.44. The van der Waals surface area contributed by atoms with Gasteiger partial charge in [0, 0.05) is 6.20 Å². The highest BCUT2D eigenvalue weighted by Gasteiger charge is 2.06. The Kier molecular flexibility index (Phi) is 1.67. The number of nitrogens with two attached hydrogens (primary N) is 1. The lowest BCUT2D eigenvalue weighted by molar-refractivity contribution is 0.915. The molecule has 5 heteroatoms. The molecule has 16 heavy (non-hydrogen) atoms. The zero-order chi connectivity index (χ0) is 11.1. The largest absolute Gasteiger partial charge is 0.404 e. The summed E-state index contributed by atoms with van der Waals surface area (Å²) in [6.07, 6.45) is 2.92. The van der Waals surface area contributed by atoms with Gasteiger partial charge in [-0.3, -0.25) is 4.79 Å². The van der Waals surface area contributed by atoms with Crippen LogP contribution in [0.15, 0.2) is 35.3 Å². The van der Waals surface area contributed by atoms with E-state index < -0.39 is 0 Å². The van der Waals surface area contributed by atoms with E-state index >= 15 is 0 Å². The molecule has 0 amide bonds. The van der Waals surface area contributed by atoms with E-state index in [1.165, 1.54) is 16.9 Å². The zero-order valence-corrected chi connectivity index (χ0v) is 8.29. The Bertz CT molecular complexity index is 791. The van der Waals surface area contributed by atoms with Crippen LogP contribution in [0, 0.1) is 0 Å². The molecule has 0 atom stereocenters. The molecule has 2 heterocycles. The molecule has 3 aromatic rings. The van der Waals surface area contributed by atoms with Gasteiger partial charge in [-0.25, -0.2) is 4.98 Å². The first kappa shape index (κ1) is 8.84. The number of hydrogen-bond acceptors (Lipinski definition) is 4. The van der Waals surface area contributed by atoms with Crippen LogP contribution in [-0.4, -0.2) is 14.6 Å². The van der Waals surface area contributed by atoms with Gasteiger partial charge in [-0.1, -0.05) is 12.1 Å². The predicted molar refractivity (Wildman–Crippen MR) is 60.6 cm³/mol. The quantitative estimate of drug-likeness (QED) is 0.553. The Morgan fingerprint density at radius 3 is 2.94 bits per heavy atom. The topological polar surface area (TPSA) is 73.3 Å². The van der Waals surface area contributed by atoms with Crippen LogP contribution >= 0.6 is 0 Å². The maximum absolute atomic E-state index is 12.0. The second kappa shape index (κ2) is 3.03. The number of hydrogen-bond donors (Lipinski definition) is 1. The van der Waals surface area contributed by atoms with Crippen molar-refractivity contribution in [1.82, 2.24) is 14.6 Å². The van der Waals surface area contributed by atoms with Gasteiger partial charge in [0.15, 0.2) is 5.65 Å². The minimum absolute atomic E-state index is 0.172. The van der Waals surface area contributed by atoms with Gasteiger partial charge >= 0.3 is 0 Å². The number of para-hydroxylation sites is 1. The molecule has 1 aromatic carbocycles. The maximum atomic E-state index is 12.0. The molecule has 0 saturated carbocycles. The molecule has 0 radical (unpaired) electrons. The molecule has 78 valence electrons. The standard InChI is InChI=1S/C11H8N4O/c12-5-7-6-13-15-10(7)14-9-4-2-1-3-8(9)11(15)16/h1-6H,12H2. The molecule has 0 saturated heterocycles. The monoisotopic (exact) mass is 212 g/mol. The Labute approximate surface area is 89.8 Å². The molecule has 0 fully saturated rings. The van der Waals surface area contributed by atoms with Crippen LogP contribution in [0.4, 0.5) is 0 Å². The normalized spacial score (nSPS) is 12.6. The summed E-state index contributed by atoms with van der Waals surface area (Å²) < 4.78 is 1.26. The van der Waals surface area contributed by atoms with Crippen LogP contribution in [-0.2, 0) is 0 Å². The lowest BCUT2D eigenvalue weighted by Gasteiger charge is -1.96. The van der Waals surface area contributed by atoms with E-state index in [1.54, 1.807) is 18.2 Å². The third-order valence-electron chi connectivity index (χ3n) is 2.50. The lowest BCUT2D eigenvalue weighted by atomic mass is 10.2. The molecule has 0 aliphatic carbocycles. The summed E-state index contributed by atoms with van der Waals surface area (Å²) in [6.45, 7) is 0. The van der Waals surface area contributed by atoms with Gasteiger partial charge in [-0.05, 0) is 12.1 Å². The molecule has 0 aliphatic heterocycles. The maximum Gasteiger partial charge on any atom is 0.282 e. The molecule has 5 nitrogen and oxygen atoms in total. The van der Waals surface area contributed by atoms with Gasteiger partial charge in [0.05, 0.1) is 22.3 Å². The summed E-state index contributed by atoms with van der Waals surface area (Å²) in [7, 11) is 0. The van der Waals surface area contributed by atoms with Crippen molar-refractivity contribution in [3.05, 3.63) is 46.0 Å². The van der Waals surface area contributed by atoms with Gasteiger partial charge < -0.3 is 5.73 Å². The fourth-order valence-electron chi connectivity index (χ4n) is 1.71. The second-order valence-corrected chi connectivity index (χ2v) is 3.44. The summed E-state index contributed by atoms with van der Waals surface area (Å²) in [4.78, 5) is 16.4. The van der Waals surface area contributed by atoms with Crippen molar-refractivity contribution >= 4 is 22.8 Å². The van der Waals surface area contributed by atoms with Crippen LogP contribution in [0.25, 0.3) is 22.8 Å². The average molecular weight is 212 g/mol. The summed E-state index contributed by atoms with van der Waals surface area (Å²) >= 11 is 0. The minimum atomic E-state index is -0.172. The van der Waals surface area contributed by atoms with Crippen molar-refractivity contribution in [2.75, 3.05) is 0 Å². The van der Waals surface area contributed by atoms with Crippen LogP contribution in [0.5, 0.6) is 0 Å². The number of benzene rings is 1. The van der Waals surface area contributed by atoms with Gasteiger partial charge in [-0.2, -0.15) is 9.61 Å². The Morgan fingerprint density at radius 1 is 1.31 bits per heavy atom. The number of nitrogens with zero attached hydrogens (tertiary/aromatic N) is 3. The van der Waals surface area contributed by atoms with Crippen molar-refractivity contribution in [1.29, 1.82) is 0 Å². The fourth-order valence-corrected chi connectivity index (χ4v) is 1.71. The van der Waals surface area contributed by atoms with Crippen molar-refractivity contribution in [3.63, 3.8) is 0 Å². The van der Waals surface area contributed by atoms with Crippen molar-refractivity contribution in [3.8, 4) is 0 Å². The third-order valence-corrected chi connectivity index (χ3v) is 2.50. The molecular formula is C11H8N4O. The van der Waals surface area contributed by atoms with E-state index in [0.717, 1.165) is 0 Å². The van der Waals surface area contributed by atoms with Crippen molar-refractivity contribution in [2.24, 2.45) is 5.73 Å². The highest BCUT2D eigenvalue weighted by molar-refractivity contribution is 5.79. The fraction of sp³-hybridized carbons (Fsp3) is 0. The summed E-state index contributed by atoms with van der Waals surface area (Å²) in [6, 6.07) is 7.17. The smallest absolute Gasteiger partial charge is 0.282 e. The summed E-state index contributed by atoms with van der Waals surface area (Å²) in [5, 5.41) is 5.18. The first-order chi connectivity index (χ1) is 7.81. The van der Waals surface area contributed by atoms with Crippen molar-refractivity contribution in [2.45, 2.75) is 0 Å². The van der Waals surface area contributed by atoms with E-state index in [1.807, 2.05) is 6.07 Å². The van der Waals surface area contributed by atoms with Gasteiger partial charge in [0.25, 0.3) is 5.56 Å². The molecule has 0 bridgehead atoms. The first-order valence-corrected chi connectivity index (χ1v) is 4.79. The van der Waals surface area contributed by atoms with Crippen LogP contribution in [0.3, 0.4) is 0 Å². The van der Waals surface area contributed by atoms with Gasteiger partial charge in [0.1, 0.15) is 0 Å². The number of rotatable bonds is 0. The van der Waals surface area contributed by atoms with Crippen LogP contribution in [0.2, 0.25) is 0 Å². The molecular weight excluding hydrogens is 204 g/mol. The zero-order valence-electron chi connectivity index (χ0n) is 8.29. The average Bonchev–Trinajstić information content (AvgIpc) is 2.72. The number of fused-ring (bicyclic) bond motifs is 2. The Balaban J connectivity index is 2.69. The highest BCUT2D eigenvalue weighted by Crippen LogP contribution is 2.05. The molecule has 2 N–H and O–H groups in total. The van der Waals surface area contributed by atoms with Gasteiger partial charge in [-0.15, -0.1) is 0 Å². The molecule has 2 aromatic heterocycles. The number of aromatic nitrogens is 3. The summed E-state index contributed by atoms with van der Waals surface area (Å²) in [5.74, 6) is 0. The summed E-state index contributed by atoms with van der Waals surface area (Å²) in [5.41, 5.74) is 6.41. The van der Waals surface area contributed by atoms with E-state index in [2.05, 4.69) is 10.1 Å². The van der Waals surface area contributed by atoms with Crippen LogP contribution < -0.4 is 16.5 Å². The molecule has 3 rings (SSSR count). The first-order valence-electron chi connectivity index (χ1n) is 4.79. The third kappa shape index (κ3) is 1.02. The van der Waals surface area contributed by atoms with E-state index in [0.29, 0.717) is 21.8 Å². The highest BCUT2D eigenvalue weighted by atomic mass is 16.1. The molecule has 0 spiro atoms.